The highest BCUT2D eigenvalue weighted by molar-refractivity contribution is 7.92. The van der Waals surface area contributed by atoms with E-state index in [0.717, 1.165) is 12.8 Å². The number of rotatable bonds is 1. The van der Waals surface area contributed by atoms with Gasteiger partial charge in [-0.25, -0.2) is 8.42 Å². The van der Waals surface area contributed by atoms with Crippen LogP contribution in [0.3, 0.4) is 0 Å². The summed E-state index contributed by atoms with van der Waals surface area (Å²) < 4.78 is 25.7. The van der Waals surface area contributed by atoms with Gasteiger partial charge >= 0.3 is 0 Å². The number of amides is 1. The van der Waals surface area contributed by atoms with Crippen LogP contribution in [0.15, 0.2) is 24.3 Å². The van der Waals surface area contributed by atoms with Gasteiger partial charge in [0.15, 0.2) is 0 Å². The standard InChI is InChI=1S/C13H16N2O3S/c1-19(17,18)15-11-7-3-2-6-10(11)14-12(16)13(15)8-4-5-9-13/h2-3,6-7H,4-5,8-9H2,1H3,(H,14,16). The quantitative estimate of drug-likeness (QED) is 0.851. The normalized spacial score (nSPS) is 21.3. The van der Waals surface area contributed by atoms with Gasteiger partial charge in [-0.3, -0.25) is 9.10 Å². The molecule has 3 rings (SSSR count). The van der Waals surface area contributed by atoms with Gasteiger partial charge in [0.1, 0.15) is 5.54 Å². The molecular formula is C13H16N2O3S. The molecule has 1 heterocycles. The summed E-state index contributed by atoms with van der Waals surface area (Å²) in [6.07, 6.45) is 4.09. The number of benzene rings is 1. The van der Waals surface area contributed by atoms with E-state index in [9.17, 15) is 13.2 Å². The number of para-hydroxylation sites is 2. The number of anilines is 2. The molecule has 1 aliphatic heterocycles. The second-order valence-electron chi connectivity index (χ2n) is 5.24. The Labute approximate surface area is 112 Å². The molecular weight excluding hydrogens is 264 g/mol. The molecule has 1 spiro atoms. The van der Waals surface area contributed by atoms with Gasteiger partial charge in [-0.1, -0.05) is 25.0 Å². The summed E-state index contributed by atoms with van der Waals surface area (Å²) in [5.41, 5.74) is 0.212. The third-order valence-corrected chi connectivity index (χ3v) is 5.15. The molecule has 0 unspecified atom stereocenters. The Morgan fingerprint density at radius 1 is 1.21 bits per heavy atom. The number of carbonyl (C=O) groups is 1. The lowest BCUT2D eigenvalue weighted by Crippen LogP contribution is -2.60. The summed E-state index contributed by atoms with van der Waals surface area (Å²) in [6, 6.07) is 7.05. The van der Waals surface area contributed by atoms with Crippen LogP contribution < -0.4 is 9.62 Å². The van der Waals surface area contributed by atoms with Gasteiger partial charge in [0, 0.05) is 0 Å². The van der Waals surface area contributed by atoms with Crippen LogP contribution in [0.25, 0.3) is 0 Å². The van der Waals surface area contributed by atoms with Crippen molar-refractivity contribution in [2.75, 3.05) is 15.9 Å². The molecule has 0 atom stereocenters. The van der Waals surface area contributed by atoms with E-state index in [0.29, 0.717) is 24.2 Å². The van der Waals surface area contributed by atoms with Crippen molar-refractivity contribution in [3.63, 3.8) is 0 Å². The van der Waals surface area contributed by atoms with E-state index in [1.807, 2.05) is 0 Å². The van der Waals surface area contributed by atoms with E-state index >= 15 is 0 Å². The summed E-state index contributed by atoms with van der Waals surface area (Å²) in [4.78, 5) is 12.4. The first-order chi connectivity index (χ1) is 8.95. The number of nitrogens with one attached hydrogen (secondary N) is 1. The molecule has 1 N–H and O–H groups in total. The lowest BCUT2D eigenvalue weighted by molar-refractivity contribution is -0.121. The van der Waals surface area contributed by atoms with Crippen molar-refractivity contribution in [1.82, 2.24) is 0 Å². The van der Waals surface area contributed by atoms with Crippen LogP contribution in [0.1, 0.15) is 25.7 Å². The van der Waals surface area contributed by atoms with Crippen LogP contribution in [0, 0.1) is 0 Å². The Morgan fingerprint density at radius 2 is 1.84 bits per heavy atom. The molecule has 1 aromatic carbocycles. The van der Waals surface area contributed by atoms with Gasteiger partial charge in [0.25, 0.3) is 5.91 Å². The highest BCUT2D eigenvalue weighted by Crippen LogP contribution is 2.46. The zero-order valence-corrected chi connectivity index (χ0v) is 11.5. The van der Waals surface area contributed by atoms with Crippen molar-refractivity contribution in [1.29, 1.82) is 0 Å². The molecule has 1 aliphatic carbocycles. The van der Waals surface area contributed by atoms with Crippen molar-refractivity contribution < 1.29 is 13.2 Å². The summed E-state index contributed by atoms with van der Waals surface area (Å²) >= 11 is 0. The number of hydrogen-bond acceptors (Lipinski definition) is 3. The van der Waals surface area contributed by atoms with E-state index < -0.39 is 15.6 Å². The van der Waals surface area contributed by atoms with E-state index in [4.69, 9.17) is 0 Å². The SMILES string of the molecule is CS(=O)(=O)N1c2ccccc2NC(=O)C12CCCC2. The van der Waals surface area contributed by atoms with Gasteiger partial charge in [-0.2, -0.15) is 0 Å². The van der Waals surface area contributed by atoms with Crippen molar-refractivity contribution in [2.45, 2.75) is 31.2 Å². The summed E-state index contributed by atoms with van der Waals surface area (Å²) in [5, 5.41) is 2.85. The topological polar surface area (TPSA) is 66.5 Å². The fourth-order valence-electron chi connectivity index (χ4n) is 3.20. The number of nitrogens with zero attached hydrogens (tertiary/aromatic N) is 1. The Hall–Kier alpha value is -1.56. The number of fused-ring (bicyclic) bond motifs is 1. The van der Waals surface area contributed by atoms with Crippen molar-refractivity contribution in [3.8, 4) is 0 Å². The van der Waals surface area contributed by atoms with Crippen LogP contribution in [0.5, 0.6) is 0 Å². The van der Waals surface area contributed by atoms with Crippen molar-refractivity contribution in [2.24, 2.45) is 0 Å². The largest absolute Gasteiger partial charge is 0.322 e. The summed E-state index contributed by atoms with van der Waals surface area (Å²) in [5.74, 6) is -0.200. The molecule has 5 nitrogen and oxygen atoms in total. The lowest BCUT2D eigenvalue weighted by atomic mass is 9.93. The molecule has 1 amide bonds. The van der Waals surface area contributed by atoms with Crippen LogP contribution in [0.4, 0.5) is 11.4 Å². The summed E-state index contributed by atoms with van der Waals surface area (Å²) in [7, 11) is -3.49. The second-order valence-corrected chi connectivity index (χ2v) is 7.07. The first-order valence-electron chi connectivity index (χ1n) is 6.36. The predicted octanol–water partition coefficient (Wildman–Crippen LogP) is 1.72. The minimum atomic E-state index is -3.49. The van der Waals surface area contributed by atoms with E-state index in [2.05, 4.69) is 5.32 Å². The zero-order chi connectivity index (χ0) is 13.7. The maximum Gasteiger partial charge on any atom is 0.251 e. The number of carbonyl (C=O) groups excluding carboxylic acids is 1. The van der Waals surface area contributed by atoms with Gasteiger partial charge < -0.3 is 5.32 Å². The molecule has 1 saturated carbocycles. The molecule has 0 saturated heterocycles. The van der Waals surface area contributed by atoms with E-state index in [-0.39, 0.29) is 5.91 Å². The van der Waals surface area contributed by atoms with Gasteiger partial charge in [0.05, 0.1) is 17.6 Å². The molecule has 1 aromatic rings. The average molecular weight is 280 g/mol. The first kappa shape index (κ1) is 12.5. The zero-order valence-electron chi connectivity index (χ0n) is 10.7. The van der Waals surface area contributed by atoms with Crippen LogP contribution in [-0.4, -0.2) is 26.1 Å². The lowest BCUT2D eigenvalue weighted by Gasteiger charge is -2.43. The first-order valence-corrected chi connectivity index (χ1v) is 8.21. The molecule has 2 aliphatic rings. The molecule has 1 fully saturated rings. The third kappa shape index (κ3) is 1.74. The van der Waals surface area contributed by atoms with Gasteiger partial charge in [0.2, 0.25) is 10.0 Å². The number of sulfonamides is 1. The van der Waals surface area contributed by atoms with Crippen LogP contribution >= 0.6 is 0 Å². The monoisotopic (exact) mass is 280 g/mol. The summed E-state index contributed by atoms with van der Waals surface area (Å²) in [6.45, 7) is 0. The molecule has 0 aromatic heterocycles. The van der Waals surface area contributed by atoms with Gasteiger partial charge in [-0.05, 0) is 25.0 Å². The third-order valence-electron chi connectivity index (χ3n) is 3.94. The van der Waals surface area contributed by atoms with Crippen molar-refractivity contribution in [3.05, 3.63) is 24.3 Å². The minimum Gasteiger partial charge on any atom is -0.322 e. The predicted molar refractivity (Wildman–Crippen MR) is 73.6 cm³/mol. The van der Waals surface area contributed by atoms with Gasteiger partial charge in [-0.15, -0.1) is 0 Å². The smallest absolute Gasteiger partial charge is 0.251 e. The maximum absolute atomic E-state index is 12.4. The molecule has 102 valence electrons. The Kier molecular flexibility index (Phi) is 2.60. The fourth-order valence-corrected chi connectivity index (χ4v) is 4.62. The highest BCUT2D eigenvalue weighted by Gasteiger charge is 2.53. The fraction of sp³-hybridized carbons (Fsp3) is 0.462. The van der Waals surface area contributed by atoms with E-state index in [1.54, 1.807) is 24.3 Å². The van der Waals surface area contributed by atoms with E-state index in [1.165, 1.54) is 10.6 Å². The van der Waals surface area contributed by atoms with Crippen LogP contribution in [-0.2, 0) is 14.8 Å². The Balaban J connectivity index is 2.25. The molecule has 0 radical (unpaired) electrons. The number of hydrogen-bond donors (Lipinski definition) is 1. The molecule has 19 heavy (non-hydrogen) atoms. The highest BCUT2D eigenvalue weighted by atomic mass is 32.2. The average Bonchev–Trinajstić information content (AvgIpc) is 2.79. The Morgan fingerprint density at radius 3 is 2.47 bits per heavy atom. The second kappa shape index (κ2) is 3.96. The van der Waals surface area contributed by atoms with Crippen molar-refractivity contribution >= 4 is 27.3 Å². The minimum absolute atomic E-state index is 0.200. The Bertz CT molecular complexity index is 633. The molecule has 6 heteroatoms. The maximum atomic E-state index is 12.4. The van der Waals surface area contributed by atoms with Crippen LogP contribution in [0.2, 0.25) is 0 Å². The molecule has 0 bridgehead atoms.